The van der Waals surface area contributed by atoms with Gasteiger partial charge in [-0.05, 0) is 55.2 Å². The average Bonchev–Trinajstić information content (AvgIpc) is 2.44. The van der Waals surface area contributed by atoms with Crippen molar-refractivity contribution < 1.29 is 0 Å². The normalized spacial score (nSPS) is 15.5. The number of aryl methyl sites for hydroxylation is 2. The SMILES string of the molecule is CSCC(C)CNc1nc2c(cc1C(N)=S)CCCC2. The molecule has 0 saturated carbocycles. The van der Waals surface area contributed by atoms with Crippen molar-refractivity contribution in [3.63, 3.8) is 0 Å². The van der Waals surface area contributed by atoms with E-state index in [4.69, 9.17) is 22.9 Å². The number of nitrogens with one attached hydrogen (secondary N) is 1. The van der Waals surface area contributed by atoms with Gasteiger partial charge in [0.1, 0.15) is 10.8 Å². The largest absolute Gasteiger partial charge is 0.389 e. The lowest BCUT2D eigenvalue weighted by Gasteiger charge is -2.20. The second kappa shape index (κ2) is 7.27. The summed E-state index contributed by atoms with van der Waals surface area (Å²) in [7, 11) is 0. The summed E-state index contributed by atoms with van der Waals surface area (Å²) in [5.74, 6) is 2.61. The molecule has 1 aliphatic rings. The zero-order valence-electron chi connectivity index (χ0n) is 12.2. The van der Waals surface area contributed by atoms with E-state index in [1.54, 1.807) is 0 Å². The van der Waals surface area contributed by atoms with Gasteiger partial charge in [0.05, 0.1) is 5.56 Å². The number of nitrogens with two attached hydrogens (primary N) is 1. The van der Waals surface area contributed by atoms with Crippen molar-refractivity contribution in [2.75, 3.05) is 23.9 Å². The first kappa shape index (κ1) is 15.6. The fourth-order valence-electron chi connectivity index (χ4n) is 2.57. The molecular weight excluding hydrogens is 286 g/mol. The predicted octanol–water partition coefficient (Wildman–Crippen LogP) is 3.01. The molecule has 0 aliphatic heterocycles. The molecule has 1 heterocycles. The molecule has 0 radical (unpaired) electrons. The first-order valence-corrected chi connectivity index (χ1v) is 8.97. The standard InChI is InChI=1S/C15H23N3S2/c1-10(9-20-2)8-17-15-12(14(16)19)7-11-5-3-4-6-13(11)18-15/h7,10H,3-6,8-9H2,1-2H3,(H2,16,19)(H,17,18). The molecule has 20 heavy (non-hydrogen) atoms. The number of aromatic nitrogens is 1. The van der Waals surface area contributed by atoms with Crippen molar-refractivity contribution in [1.82, 2.24) is 4.98 Å². The molecule has 0 aromatic carbocycles. The minimum atomic E-state index is 0.436. The van der Waals surface area contributed by atoms with Crippen LogP contribution in [0.15, 0.2) is 6.07 Å². The van der Waals surface area contributed by atoms with Gasteiger partial charge in [-0.1, -0.05) is 19.1 Å². The molecule has 2 rings (SSSR count). The maximum Gasteiger partial charge on any atom is 0.136 e. The topological polar surface area (TPSA) is 50.9 Å². The molecular formula is C15H23N3S2. The van der Waals surface area contributed by atoms with E-state index in [-0.39, 0.29) is 0 Å². The first-order chi connectivity index (χ1) is 9.61. The number of anilines is 1. The lowest BCUT2D eigenvalue weighted by Crippen LogP contribution is -2.21. The molecule has 3 N–H and O–H groups in total. The van der Waals surface area contributed by atoms with Crippen molar-refractivity contribution >= 4 is 34.8 Å². The lowest BCUT2D eigenvalue weighted by molar-refractivity contribution is 0.665. The molecule has 1 aromatic heterocycles. The molecule has 110 valence electrons. The van der Waals surface area contributed by atoms with Crippen LogP contribution in [-0.2, 0) is 12.8 Å². The smallest absolute Gasteiger partial charge is 0.136 e. The molecule has 1 unspecified atom stereocenters. The quantitative estimate of drug-likeness (QED) is 0.791. The van der Waals surface area contributed by atoms with Gasteiger partial charge in [-0.15, -0.1) is 0 Å². The third-order valence-electron chi connectivity index (χ3n) is 3.64. The van der Waals surface area contributed by atoms with Gasteiger partial charge < -0.3 is 11.1 Å². The molecule has 0 amide bonds. The van der Waals surface area contributed by atoms with Crippen LogP contribution in [0.5, 0.6) is 0 Å². The number of hydrogen-bond acceptors (Lipinski definition) is 4. The summed E-state index contributed by atoms with van der Waals surface area (Å²) >= 11 is 7.05. The molecule has 1 aromatic rings. The van der Waals surface area contributed by atoms with Gasteiger partial charge in [-0.3, -0.25) is 0 Å². The predicted molar refractivity (Wildman–Crippen MR) is 92.8 cm³/mol. The van der Waals surface area contributed by atoms with Crippen molar-refractivity contribution in [2.24, 2.45) is 11.7 Å². The van der Waals surface area contributed by atoms with Gasteiger partial charge in [-0.25, -0.2) is 4.98 Å². The summed E-state index contributed by atoms with van der Waals surface area (Å²) in [5.41, 5.74) is 9.30. The Hall–Kier alpha value is -0.810. The van der Waals surface area contributed by atoms with E-state index in [0.29, 0.717) is 10.9 Å². The van der Waals surface area contributed by atoms with E-state index in [2.05, 4.69) is 24.6 Å². The average molecular weight is 310 g/mol. The van der Waals surface area contributed by atoms with Gasteiger partial charge in [0, 0.05) is 12.2 Å². The van der Waals surface area contributed by atoms with Crippen LogP contribution in [0, 0.1) is 5.92 Å². The molecule has 0 bridgehead atoms. The Balaban J connectivity index is 2.19. The van der Waals surface area contributed by atoms with Crippen LogP contribution in [0.4, 0.5) is 5.82 Å². The molecule has 1 aliphatic carbocycles. The summed E-state index contributed by atoms with van der Waals surface area (Å²) < 4.78 is 0. The molecule has 1 atom stereocenters. The van der Waals surface area contributed by atoms with Crippen molar-refractivity contribution in [3.05, 3.63) is 22.9 Å². The van der Waals surface area contributed by atoms with Crippen molar-refractivity contribution in [3.8, 4) is 0 Å². The molecule has 5 heteroatoms. The number of fused-ring (bicyclic) bond motifs is 1. The number of nitrogens with zero attached hydrogens (tertiary/aromatic N) is 1. The highest BCUT2D eigenvalue weighted by Gasteiger charge is 2.16. The maximum atomic E-state index is 5.86. The second-order valence-electron chi connectivity index (χ2n) is 5.50. The van der Waals surface area contributed by atoms with Crippen LogP contribution in [-0.4, -0.2) is 28.5 Å². The number of pyridine rings is 1. The van der Waals surface area contributed by atoms with Crippen LogP contribution in [0.25, 0.3) is 0 Å². The van der Waals surface area contributed by atoms with Gasteiger partial charge in [-0.2, -0.15) is 11.8 Å². The Morgan fingerprint density at radius 1 is 1.50 bits per heavy atom. The summed E-state index contributed by atoms with van der Waals surface area (Å²) in [6.07, 6.45) is 6.77. The van der Waals surface area contributed by atoms with E-state index in [1.807, 2.05) is 11.8 Å². The number of thioether (sulfide) groups is 1. The molecule has 3 nitrogen and oxygen atoms in total. The minimum absolute atomic E-state index is 0.436. The Morgan fingerprint density at radius 2 is 2.25 bits per heavy atom. The monoisotopic (exact) mass is 309 g/mol. The van der Waals surface area contributed by atoms with Crippen LogP contribution in [0.2, 0.25) is 0 Å². The third kappa shape index (κ3) is 3.85. The van der Waals surface area contributed by atoms with E-state index in [0.717, 1.165) is 36.5 Å². The Labute approximate surface area is 131 Å². The third-order valence-corrected chi connectivity index (χ3v) is 4.76. The fraction of sp³-hybridized carbons (Fsp3) is 0.600. The highest BCUT2D eigenvalue weighted by molar-refractivity contribution is 7.98. The van der Waals surface area contributed by atoms with Crippen LogP contribution >= 0.6 is 24.0 Å². The maximum absolute atomic E-state index is 5.86. The van der Waals surface area contributed by atoms with Gasteiger partial charge in [0.15, 0.2) is 0 Å². The van der Waals surface area contributed by atoms with Crippen LogP contribution in [0.1, 0.15) is 36.6 Å². The summed E-state index contributed by atoms with van der Waals surface area (Å²) in [5, 5.41) is 3.44. The Bertz CT molecular complexity index is 488. The summed E-state index contributed by atoms with van der Waals surface area (Å²) in [6, 6.07) is 2.14. The number of rotatable bonds is 6. The zero-order valence-corrected chi connectivity index (χ0v) is 13.9. The zero-order chi connectivity index (χ0) is 14.5. The lowest BCUT2D eigenvalue weighted by atomic mass is 9.94. The van der Waals surface area contributed by atoms with Crippen LogP contribution < -0.4 is 11.1 Å². The minimum Gasteiger partial charge on any atom is -0.389 e. The van der Waals surface area contributed by atoms with E-state index in [9.17, 15) is 0 Å². The van der Waals surface area contributed by atoms with Gasteiger partial charge in [0.2, 0.25) is 0 Å². The molecule has 0 saturated heterocycles. The van der Waals surface area contributed by atoms with Crippen molar-refractivity contribution in [1.29, 1.82) is 0 Å². The van der Waals surface area contributed by atoms with Crippen LogP contribution in [0.3, 0.4) is 0 Å². The van der Waals surface area contributed by atoms with E-state index < -0.39 is 0 Å². The fourth-order valence-corrected chi connectivity index (χ4v) is 3.41. The van der Waals surface area contributed by atoms with Gasteiger partial charge >= 0.3 is 0 Å². The van der Waals surface area contributed by atoms with E-state index in [1.165, 1.54) is 24.1 Å². The summed E-state index contributed by atoms with van der Waals surface area (Å²) in [4.78, 5) is 5.22. The Morgan fingerprint density at radius 3 is 2.95 bits per heavy atom. The first-order valence-electron chi connectivity index (χ1n) is 7.17. The number of hydrogen-bond donors (Lipinski definition) is 2. The highest BCUT2D eigenvalue weighted by atomic mass is 32.2. The summed E-state index contributed by atoms with van der Waals surface area (Å²) in [6.45, 7) is 3.14. The van der Waals surface area contributed by atoms with Crippen molar-refractivity contribution in [2.45, 2.75) is 32.6 Å². The molecule has 0 fully saturated rings. The van der Waals surface area contributed by atoms with Gasteiger partial charge in [0.25, 0.3) is 0 Å². The number of thiocarbonyl (C=S) groups is 1. The molecule has 0 spiro atoms. The second-order valence-corrected chi connectivity index (χ2v) is 6.85. The highest BCUT2D eigenvalue weighted by Crippen LogP contribution is 2.25. The van der Waals surface area contributed by atoms with E-state index >= 15 is 0 Å². The Kier molecular flexibility index (Phi) is 5.66.